The van der Waals surface area contributed by atoms with Crippen molar-refractivity contribution in [2.24, 2.45) is 0 Å². The number of aromatic nitrogens is 4. The van der Waals surface area contributed by atoms with Crippen LogP contribution in [-0.4, -0.2) is 39.7 Å². The van der Waals surface area contributed by atoms with Crippen molar-refractivity contribution < 1.29 is 9.53 Å². The molecule has 0 bridgehead atoms. The second kappa shape index (κ2) is 8.07. The molecule has 0 unspecified atom stereocenters. The van der Waals surface area contributed by atoms with Crippen LogP contribution in [0.2, 0.25) is 0 Å². The molecule has 0 radical (unpaired) electrons. The highest BCUT2D eigenvalue weighted by atomic mass is 16.5. The standard InChI is InChI=1S/C24H22N6O2/c1-32-17-4-2-14(3-5-17)6-7-26-24(31)19-9-15(8-16-11-29-30-23(16)19)20-12-27-21-13-28-22(25)10-18(20)21/h2-5,8-13,27H,6-7H2,1H3,(H2,25,28)(H,26,31)(H,29,30). The Hall–Kier alpha value is -4.33. The summed E-state index contributed by atoms with van der Waals surface area (Å²) in [5, 5.41) is 11.9. The Bertz CT molecular complexity index is 1420. The Kier molecular flexibility index (Phi) is 4.95. The Balaban J connectivity index is 1.42. The van der Waals surface area contributed by atoms with Gasteiger partial charge in [0.1, 0.15) is 11.6 Å². The first kappa shape index (κ1) is 19.6. The summed E-state index contributed by atoms with van der Waals surface area (Å²) < 4.78 is 5.19. The zero-order chi connectivity index (χ0) is 22.1. The van der Waals surface area contributed by atoms with Crippen LogP contribution in [0.1, 0.15) is 15.9 Å². The second-order valence-electron chi connectivity index (χ2n) is 7.57. The number of carbonyl (C=O) groups is 1. The van der Waals surface area contributed by atoms with Crippen LogP contribution in [0.4, 0.5) is 5.82 Å². The fourth-order valence-electron chi connectivity index (χ4n) is 3.88. The number of anilines is 1. The maximum atomic E-state index is 13.1. The number of H-pyrrole nitrogens is 2. The molecular formula is C24H22N6O2. The Morgan fingerprint density at radius 1 is 1.16 bits per heavy atom. The van der Waals surface area contributed by atoms with Crippen molar-refractivity contribution in [1.82, 2.24) is 25.5 Å². The maximum Gasteiger partial charge on any atom is 0.253 e. The molecule has 8 heteroatoms. The Morgan fingerprint density at radius 2 is 2.00 bits per heavy atom. The van der Waals surface area contributed by atoms with E-state index < -0.39 is 0 Å². The smallest absolute Gasteiger partial charge is 0.253 e. The number of hydrogen-bond donors (Lipinski definition) is 4. The lowest BCUT2D eigenvalue weighted by Gasteiger charge is -2.09. The summed E-state index contributed by atoms with van der Waals surface area (Å²) in [6, 6.07) is 13.5. The van der Waals surface area contributed by atoms with Crippen LogP contribution in [0, 0.1) is 0 Å². The molecule has 8 nitrogen and oxygen atoms in total. The van der Waals surface area contributed by atoms with E-state index in [9.17, 15) is 4.79 Å². The molecule has 5 aromatic rings. The van der Waals surface area contributed by atoms with Crippen LogP contribution in [0.25, 0.3) is 32.9 Å². The molecule has 32 heavy (non-hydrogen) atoms. The van der Waals surface area contributed by atoms with Crippen molar-refractivity contribution in [3.8, 4) is 16.9 Å². The molecule has 0 aliphatic carbocycles. The minimum atomic E-state index is -0.157. The summed E-state index contributed by atoms with van der Waals surface area (Å²) in [6.07, 6.45) is 6.05. The molecule has 0 saturated carbocycles. The summed E-state index contributed by atoms with van der Waals surface area (Å²) in [4.78, 5) is 20.4. The number of benzene rings is 2. The summed E-state index contributed by atoms with van der Waals surface area (Å²) >= 11 is 0. The van der Waals surface area contributed by atoms with Gasteiger partial charge in [-0.1, -0.05) is 12.1 Å². The number of rotatable bonds is 6. The Morgan fingerprint density at radius 3 is 2.81 bits per heavy atom. The molecule has 0 spiro atoms. The molecule has 0 fully saturated rings. The van der Waals surface area contributed by atoms with Gasteiger partial charge in [0.15, 0.2) is 0 Å². The third kappa shape index (κ3) is 3.62. The van der Waals surface area contributed by atoms with Crippen LogP contribution in [0.15, 0.2) is 61.1 Å². The number of pyridine rings is 1. The number of carbonyl (C=O) groups excluding carboxylic acids is 1. The van der Waals surface area contributed by atoms with Crippen molar-refractivity contribution in [3.63, 3.8) is 0 Å². The van der Waals surface area contributed by atoms with E-state index in [0.29, 0.717) is 23.4 Å². The van der Waals surface area contributed by atoms with Crippen molar-refractivity contribution in [2.75, 3.05) is 19.4 Å². The van der Waals surface area contributed by atoms with Gasteiger partial charge in [-0.05, 0) is 47.9 Å². The van der Waals surface area contributed by atoms with Crippen molar-refractivity contribution in [3.05, 3.63) is 72.2 Å². The average Bonchev–Trinajstić information content (AvgIpc) is 3.45. The molecule has 0 saturated heterocycles. The monoisotopic (exact) mass is 426 g/mol. The van der Waals surface area contributed by atoms with Crippen molar-refractivity contribution in [2.45, 2.75) is 6.42 Å². The molecule has 3 aromatic heterocycles. The summed E-state index contributed by atoms with van der Waals surface area (Å²) in [5.74, 6) is 1.10. The van der Waals surface area contributed by atoms with E-state index in [1.54, 1.807) is 19.5 Å². The van der Waals surface area contributed by atoms with E-state index in [2.05, 4.69) is 25.5 Å². The molecule has 0 atom stereocenters. The zero-order valence-corrected chi connectivity index (χ0v) is 17.5. The highest BCUT2D eigenvalue weighted by Gasteiger charge is 2.16. The molecule has 5 N–H and O–H groups in total. The van der Waals surface area contributed by atoms with Gasteiger partial charge in [0.05, 0.1) is 36.1 Å². The molecule has 0 aliphatic rings. The summed E-state index contributed by atoms with van der Waals surface area (Å²) in [6.45, 7) is 0.514. The number of fused-ring (bicyclic) bond motifs is 2. The fraction of sp³-hybridized carbons (Fsp3) is 0.125. The molecule has 3 heterocycles. The number of methoxy groups -OCH3 is 1. The minimum Gasteiger partial charge on any atom is -0.497 e. The normalized spacial score (nSPS) is 11.2. The second-order valence-corrected chi connectivity index (χ2v) is 7.57. The van der Waals surface area contributed by atoms with E-state index in [1.165, 1.54) is 0 Å². The van der Waals surface area contributed by atoms with Crippen molar-refractivity contribution >= 4 is 33.5 Å². The molecule has 160 valence electrons. The average molecular weight is 426 g/mol. The number of nitrogen functional groups attached to an aromatic ring is 1. The first-order chi connectivity index (χ1) is 15.6. The zero-order valence-electron chi connectivity index (χ0n) is 17.5. The van der Waals surface area contributed by atoms with E-state index in [0.717, 1.165) is 45.1 Å². The van der Waals surface area contributed by atoms with E-state index in [-0.39, 0.29) is 5.91 Å². The summed E-state index contributed by atoms with van der Waals surface area (Å²) in [5.41, 5.74) is 11.0. The topological polar surface area (TPSA) is 122 Å². The van der Waals surface area contributed by atoms with E-state index in [4.69, 9.17) is 10.5 Å². The molecule has 2 aromatic carbocycles. The molecule has 0 aliphatic heterocycles. The highest BCUT2D eigenvalue weighted by molar-refractivity contribution is 6.08. The van der Waals surface area contributed by atoms with Gasteiger partial charge in [-0.25, -0.2) is 4.98 Å². The van der Waals surface area contributed by atoms with Crippen LogP contribution < -0.4 is 15.8 Å². The van der Waals surface area contributed by atoms with Gasteiger partial charge in [0.25, 0.3) is 5.91 Å². The number of hydrogen-bond acceptors (Lipinski definition) is 5. The minimum absolute atomic E-state index is 0.157. The van der Waals surface area contributed by atoms with E-state index in [1.807, 2.05) is 48.7 Å². The van der Waals surface area contributed by atoms with Crippen LogP contribution in [0.5, 0.6) is 5.75 Å². The van der Waals surface area contributed by atoms with Gasteiger partial charge < -0.3 is 20.8 Å². The van der Waals surface area contributed by atoms with Gasteiger partial charge in [0, 0.05) is 29.1 Å². The third-order valence-electron chi connectivity index (χ3n) is 5.55. The number of amides is 1. The number of nitrogens with zero attached hydrogens (tertiary/aromatic N) is 2. The first-order valence-corrected chi connectivity index (χ1v) is 10.2. The van der Waals surface area contributed by atoms with Gasteiger partial charge in [-0.15, -0.1) is 0 Å². The highest BCUT2D eigenvalue weighted by Crippen LogP contribution is 2.32. The van der Waals surface area contributed by atoms with Gasteiger partial charge in [0.2, 0.25) is 0 Å². The predicted molar refractivity (Wildman–Crippen MR) is 125 cm³/mol. The predicted octanol–water partition coefficient (Wildman–Crippen LogP) is 3.67. The molecule has 1 amide bonds. The van der Waals surface area contributed by atoms with Gasteiger partial charge in [-0.2, -0.15) is 5.10 Å². The van der Waals surface area contributed by atoms with E-state index >= 15 is 0 Å². The number of aromatic amines is 2. The third-order valence-corrected chi connectivity index (χ3v) is 5.55. The number of ether oxygens (including phenoxy) is 1. The lowest BCUT2D eigenvalue weighted by atomic mass is 10.00. The van der Waals surface area contributed by atoms with Crippen LogP contribution in [-0.2, 0) is 6.42 Å². The number of nitrogens with two attached hydrogens (primary N) is 1. The van der Waals surface area contributed by atoms with Crippen LogP contribution >= 0.6 is 0 Å². The lowest BCUT2D eigenvalue weighted by molar-refractivity contribution is 0.0955. The lowest BCUT2D eigenvalue weighted by Crippen LogP contribution is -2.26. The number of nitrogens with one attached hydrogen (secondary N) is 3. The van der Waals surface area contributed by atoms with Gasteiger partial charge in [-0.3, -0.25) is 9.89 Å². The summed E-state index contributed by atoms with van der Waals surface area (Å²) in [7, 11) is 1.64. The van der Waals surface area contributed by atoms with Gasteiger partial charge >= 0.3 is 0 Å². The molecular weight excluding hydrogens is 404 g/mol. The SMILES string of the molecule is COc1ccc(CCNC(=O)c2cc(-c3c[nH]c4cnc(N)cc34)cc3cn[nH]c23)cc1. The maximum absolute atomic E-state index is 13.1. The Labute approximate surface area is 183 Å². The van der Waals surface area contributed by atoms with Crippen LogP contribution in [0.3, 0.4) is 0 Å². The largest absolute Gasteiger partial charge is 0.497 e. The molecule has 5 rings (SSSR count). The fourth-order valence-corrected chi connectivity index (χ4v) is 3.88. The van der Waals surface area contributed by atoms with Crippen molar-refractivity contribution in [1.29, 1.82) is 0 Å². The first-order valence-electron chi connectivity index (χ1n) is 10.2. The quantitative estimate of drug-likeness (QED) is 0.330.